The monoisotopic (exact) mass is 320 g/mol. The van der Waals surface area contributed by atoms with Gasteiger partial charge in [-0.3, -0.25) is 4.98 Å². The van der Waals surface area contributed by atoms with Crippen LogP contribution in [0, 0.1) is 6.92 Å². The van der Waals surface area contributed by atoms with Crippen molar-refractivity contribution in [3.8, 4) is 11.5 Å². The number of ether oxygens (including phenoxy) is 1. The van der Waals surface area contributed by atoms with Crippen LogP contribution in [0.25, 0.3) is 0 Å². The van der Waals surface area contributed by atoms with E-state index in [0.29, 0.717) is 0 Å². The van der Waals surface area contributed by atoms with Crippen molar-refractivity contribution in [3.05, 3.63) is 52.3 Å². The highest BCUT2D eigenvalue weighted by atomic mass is 79.9. The number of halogens is 1. The van der Waals surface area contributed by atoms with Gasteiger partial charge in [0.05, 0.1) is 6.20 Å². The van der Waals surface area contributed by atoms with Crippen LogP contribution >= 0.6 is 15.9 Å². The number of rotatable bonds is 5. The Hall–Kier alpha value is -1.39. The maximum atomic E-state index is 5.79. The highest BCUT2D eigenvalue weighted by Gasteiger charge is 2.02. The molecule has 0 radical (unpaired) electrons. The van der Waals surface area contributed by atoms with E-state index in [2.05, 4.69) is 46.1 Å². The molecule has 1 heterocycles. The predicted octanol–water partition coefficient (Wildman–Crippen LogP) is 4.05. The Bertz CT molecular complexity index is 558. The first-order valence-corrected chi connectivity index (χ1v) is 7.07. The zero-order valence-electron chi connectivity index (χ0n) is 11.1. The average molecular weight is 321 g/mol. The highest BCUT2D eigenvalue weighted by molar-refractivity contribution is 9.10. The molecule has 0 saturated heterocycles. The van der Waals surface area contributed by atoms with Gasteiger partial charge in [-0.25, -0.2) is 0 Å². The van der Waals surface area contributed by atoms with Crippen molar-refractivity contribution in [1.29, 1.82) is 0 Å². The minimum atomic E-state index is 0.730. The minimum absolute atomic E-state index is 0.730. The number of benzene rings is 1. The summed E-state index contributed by atoms with van der Waals surface area (Å²) in [6.07, 6.45) is 3.43. The quantitative estimate of drug-likeness (QED) is 0.902. The van der Waals surface area contributed by atoms with E-state index in [1.165, 1.54) is 11.1 Å². The molecule has 2 aromatic rings. The number of nitrogens with zero attached hydrogens (tertiary/aromatic N) is 1. The fraction of sp³-hybridized carbons (Fsp3) is 0.267. The normalized spacial score (nSPS) is 10.5. The molecule has 1 N–H and O–H groups in total. The predicted molar refractivity (Wildman–Crippen MR) is 80.6 cm³/mol. The van der Waals surface area contributed by atoms with Crippen molar-refractivity contribution in [2.45, 2.75) is 20.4 Å². The van der Waals surface area contributed by atoms with Crippen molar-refractivity contribution < 1.29 is 4.74 Å². The van der Waals surface area contributed by atoms with E-state index in [-0.39, 0.29) is 0 Å². The average Bonchev–Trinajstić information content (AvgIpc) is 2.38. The molecule has 100 valence electrons. The van der Waals surface area contributed by atoms with Crippen molar-refractivity contribution in [3.63, 3.8) is 0 Å². The van der Waals surface area contributed by atoms with E-state index < -0.39 is 0 Å². The van der Waals surface area contributed by atoms with Crippen LogP contribution in [0.4, 0.5) is 0 Å². The summed E-state index contributed by atoms with van der Waals surface area (Å²) in [7, 11) is 0. The van der Waals surface area contributed by atoms with E-state index in [1.807, 2.05) is 18.2 Å². The lowest BCUT2D eigenvalue weighted by atomic mass is 10.1. The third-order valence-corrected chi connectivity index (χ3v) is 3.23. The van der Waals surface area contributed by atoms with Crippen LogP contribution in [0.3, 0.4) is 0 Å². The van der Waals surface area contributed by atoms with Crippen LogP contribution in [0.2, 0.25) is 0 Å². The number of hydrogen-bond donors (Lipinski definition) is 1. The van der Waals surface area contributed by atoms with Crippen molar-refractivity contribution in [1.82, 2.24) is 10.3 Å². The molecule has 4 heteroatoms. The van der Waals surface area contributed by atoms with Crippen LogP contribution in [-0.2, 0) is 6.54 Å². The molecule has 0 atom stereocenters. The third kappa shape index (κ3) is 4.04. The lowest BCUT2D eigenvalue weighted by Gasteiger charge is -2.10. The topological polar surface area (TPSA) is 34.1 Å². The molecular weight excluding hydrogens is 304 g/mol. The third-order valence-electron chi connectivity index (χ3n) is 2.80. The molecule has 0 bridgehead atoms. The van der Waals surface area contributed by atoms with Gasteiger partial charge in [0.2, 0.25) is 0 Å². The summed E-state index contributed by atoms with van der Waals surface area (Å²) >= 11 is 3.38. The van der Waals surface area contributed by atoms with Gasteiger partial charge in [-0.2, -0.15) is 0 Å². The Labute approximate surface area is 122 Å². The molecule has 1 aromatic carbocycles. The van der Waals surface area contributed by atoms with Gasteiger partial charge in [-0.1, -0.05) is 13.0 Å². The van der Waals surface area contributed by atoms with Crippen molar-refractivity contribution in [2.75, 3.05) is 6.54 Å². The first kappa shape index (κ1) is 14.0. The lowest BCUT2D eigenvalue weighted by molar-refractivity contribution is 0.479. The largest absolute Gasteiger partial charge is 0.456 e. The molecule has 1 aromatic heterocycles. The van der Waals surface area contributed by atoms with E-state index in [1.54, 1.807) is 12.4 Å². The second kappa shape index (κ2) is 6.68. The van der Waals surface area contributed by atoms with Gasteiger partial charge >= 0.3 is 0 Å². The summed E-state index contributed by atoms with van der Waals surface area (Å²) in [5.74, 6) is 1.56. The number of aryl methyl sites for hydroxylation is 1. The van der Waals surface area contributed by atoms with Gasteiger partial charge in [0.15, 0.2) is 0 Å². The summed E-state index contributed by atoms with van der Waals surface area (Å²) < 4.78 is 6.69. The van der Waals surface area contributed by atoms with Gasteiger partial charge in [0.25, 0.3) is 0 Å². The molecule has 2 rings (SSSR count). The fourth-order valence-electron chi connectivity index (χ4n) is 1.77. The number of aromatic nitrogens is 1. The molecule has 19 heavy (non-hydrogen) atoms. The highest BCUT2D eigenvalue weighted by Crippen LogP contribution is 2.25. The molecule has 0 unspecified atom stereocenters. The standard InChI is InChI=1S/C15H17BrN2O/c1-3-17-8-12-4-5-14(6-11(12)2)19-15-7-13(16)9-18-10-15/h4-7,9-10,17H,3,8H2,1-2H3. The second-order valence-corrected chi connectivity index (χ2v) is 5.23. The molecule has 3 nitrogen and oxygen atoms in total. The molecule has 0 spiro atoms. The number of pyridine rings is 1. The maximum absolute atomic E-state index is 5.79. The molecule has 0 saturated carbocycles. The molecule has 0 aliphatic heterocycles. The van der Waals surface area contributed by atoms with Gasteiger partial charge in [0.1, 0.15) is 11.5 Å². The van der Waals surface area contributed by atoms with Gasteiger partial charge < -0.3 is 10.1 Å². The van der Waals surface area contributed by atoms with Crippen molar-refractivity contribution in [2.24, 2.45) is 0 Å². The van der Waals surface area contributed by atoms with Crippen molar-refractivity contribution >= 4 is 15.9 Å². The molecule has 0 amide bonds. The summed E-state index contributed by atoms with van der Waals surface area (Å²) in [5.41, 5.74) is 2.52. The minimum Gasteiger partial charge on any atom is -0.456 e. The van der Waals surface area contributed by atoms with Gasteiger partial charge in [-0.05, 0) is 58.7 Å². The fourth-order valence-corrected chi connectivity index (χ4v) is 2.12. The number of hydrogen-bond acceptors (Lipinski definition) is 3. The maximum Gasteiger partial charge on any atom is 0.146 e. The summed E-state index contributed by atoms with van der Waals surface area (Å²) in [6, 6.07) is 8.03. The smallest absolute Gasteiger partial charge is 0.146 e. The molecular formula is C15H17BrN2O. The molecule has 0 aliphatic rings. The Balaban J connectivity index is 2.11. The number of nitrogens with one attached hydrogen (secondary N) is 1. The zero-order chi connectivity index (χ0) is 13.7. The molecule has 0 fully saturated rings. The van der Waals surface area contributed by atoms with Gasteiger partial charge in [0, 0.05) is 17.2 Å². The second-order valence-electron chi connectivity index (χ2n) is 4.31. The summed E-state index contributed by atoms with van der Waals surface area (Å²) in [6.45, 7) is 6.06. The Morgan fingerprint density at radius 2 is 2.05 bits per heavy atom. The van der Waals surface area contributed by atoms with E-state index >= 15 is 0 Å². The van der Waals surface area contributed by atoms with E-state index in [9.17, 15) is 0 Å². The Kier molecular flexibility index (Phi) is 4.93. The van der Waals surface area contributed by atoms with Crippen LogP contribution in [0.1, 0.15) is 18.1 Å². The van der Waals surface area contributed by atoms with Crippen LogP contribution < -0.4 is 10.1 Å². The van der Waals surface area contributed by atoms with Crippen LogP contribution in [-0.4, -0.2) is 11.5 Å². The SMILES string of the molecule is CCNCc1ccc(Oc2cncc(Br)c2)cc1C. The van der Waals surface area contributed by atoms with E-state index in [4.69, 9.17) is 4.74 Å². The molecule has 0 aliphatic carbocycles. The van der Waals surface area contributed by atoms with Gasteiger partial charge in [-0.15, -0.1) is 0 Å². The summed E-state index contributed by atoms with van der Waals surface area (Å²) in [5, 5.41) is 3.32. The summed E-state index contributed by atoms with van der Waals surface area (Å²) in [4.78, 5) is 4.08. The Morgan fingerprint density at radius 3 is 2.74 bits per heavy atom. The van der Waals surface area contributed by atoms with E-state index in [0.717, 1.165) is 29.1 Å². The first-order valence-electron chi connectivity index (χ1n) is 6.27. The Morgan fingerprint density at radius 1 is 1.21 bits per heavy atom. The van der Waals surface area contributed by atoms with Crippen LogP contribution in [0.15, 0.2) is 41.1 Å². The lowest BCUT2D eigenvalue weighted by Crippen LogP contribution is -2.12. The first-order chi connectivity index (χ1) is 9.19. The van der Waals surface area contributed by atoms with Crippen LogP contribution in [0.5, 0.6) is 11.5 Å². The zero-order valence-corrected chi connectivity index (χ0v) is 12.7.